The van der Waals surface area contributed by atoms with E-state index in [1.807, 2.05) is 57.7 Å². The van der Waals surface area contributed by atoms with Crippen LogP contribution in [0.5, 0.6) is 0 Å². The first-order valence-electron chi connectivity index (χ1n) is 19.3. The van der Waals surface area contributed by atoms with Gasteiger partial charge < -0.3 is 25.4 Å². The second kappa shape index (κ2) is 14.5. The highest BCUT2D eigenvalue weighted by Gasteiger charge is 2.41. The maximum absolute atomic E-state index is 14.4. The lowest BCUT2D eigenvalue weighted by atomic mass is 9.91. The van der Waals surface area contributed by atoms with E-state index in [1.165, 1.54) is 25.7 Å². The first-order chi connectivity index (χ1) is 25.2. The molecule has 0 saturated carbocycles. The third-order valence-electron chi connectivity index (χ3n) is 12.8. The van der Waals surface area contributed by atoms with E-state index in [1.54, 1.807) is 6.20 Å². The Morgan fingerprint density at radius 2 is 1.65 bits per heavy atom. The fourth-order valence-corrected chi connectivity index (χ4v) is 9.98. The Kier molecular flexibility index (Phi) is 9.78. The number of nitrogens with two attached hydrogens (primary N) is 1. The molecule has 0 aliphatic carbocycles. The minimum absolute atomic E-state index is 0.0200. The van der Waals surface area contributed by atoms with Gasteiger partial charge in [0.2, 0.25) is 11.8 Å². The molecule has 3 atom stereocenters. The third-order valence-corrected chi connectivity index (χ3v) is 13.1. The smallest absolute Gasteiger partial charge is 0.326 e. The molecule has 4 aromatic rings. The number of amides is 2. The standard InChI is InChI=1S/C40H51ClN8O3/c1-3-26-18-25(20-33(41)37(26)42)19-27(39(51)48-16-14-46(15-17-48)31-22-29-8-9-30(23-31)45(29)2)21-36(50)47-12-10-28(11-13-47)49-35-24-43-34-7-5-4-6-32(34)38(35)44-40(49)52/h4-7,18,20,24,27-31H,3,8-17,19,21-23,42H2,1-2H3,(H,44,52)/t27-,29?,30?,31?/m0/s1. The number of likely N-dealkylation sites (tertiary alicyclic amines) is 1. The number of hydrogen-bond acceptors (Lipinski definition) is 7. The van der Waals surface area contributed by atoms with Crippen LogP contribution in [0.15, 0.2) is 47.4 Å². The minimum atomic E-state index is -0.504. The van der Waals surface area contributed by atoms with Gasteiger partial charge in [-0.25, -0.2) is 4.79 Å². The van der Waals surface area contributed by atoms with Crippen LogP contribution in [0, 0.1) is 5.92 Å². The van der Waals surface area contributed by atoms with Gasteiger partial charge in [-0.2, -0.15) is 0 Å². The van der Waals surface area contributed by atoms with Gasteiger partial charge in [-0.05, 0) is 81.7 Å². The van der Waals surface area contributed by atoms with E-state index >= 15 is 0 Å². The van der Waals surface area contributed by atoms with E-state index in [0.29, 0.717) is 74.3 Å². The predicted molar refractivity (Wildman–Crippen MR) is 206 cm³/mol. The summed E-state index contributed by atoms with van der Waals surface area (Å²) in [6.45, 7) is 6.20. The Balaban J connectivity index is 0.952. The van der Waals surface area contributed by atoms with Crippen LogP contribution in [0.2, 0.25) is 5.02 Å². The maximum Gasteiger partial charge on any atom is 0.326 e. The predicted octanol–water partition coefficient (Wildman–Crippen LogP) is 4.86. The molecule has 8 rings (SSSR count). The van der Waals surface area contributed by atoms with Crippen LogP contribution in [0.1, 0.15) is 69.0 Å². The lowest BCUT2D eigenvalue weighted by molar-refractivity contribution is -0.143. The molecule has 11 nitrogen and oxygen atoms in total. The second-order valence-electron chi connectivity index (χ2n) is 15.6. The average Bonchev–Trinajstić information content (AvgIpc) is 3.59. The number of aromatic amines is 1. The number of imidazole rings is 1. The normalized spacial score (nSPS) is 23.9. The number of piperidine rings is 2. The van der Waals surface area contributed by atoms with Crippen LogP contribution in [-0.4, -0.2) is 110 Å². The van der Waals surface area contributed by atoms with E-state index in [0.717, 1.165) is 52.6 Å². The van der Waals surface area contributed by atoms with Crippen molar-refractivity contribution in [3.05, 3.63) is 69.2 Å². The number of para-hydroxylation sites is 1. The van der Waals surface area contributed by atoms with Gasteiger partial charge in [0.05, 0.1) is 39.4 Å². The third kappa shape index (κ3) is 6.60. The Hall–Kier alpha value is -3.93. The topological polar surface area (TPSA) is 124 Å². The molecule has 2 aromatic carbocycles. The Morgan fingerprint density at radius 3 is 2.37 bits per heavy atom. The molecule has 2 amide bonds. The van der Waals surface area contributed by atoms with Crippen molar-refractivity contribution in [3.8, 4) is 0 Å². The number of carbonyl (C=O) groups is 2. The van der Waals surface area contributed by atoms with E-state index in [2.05, 4.69) is 26.8 Å². The highest BCUT2D eigenvalue weighted by molar-refractivity contribution is 6.33. The molecule has 4 aliphatic heterocycles. The molecule has 52 heavy (non-hydrogen) atoms. The molecule has 2 bridgehead atoms. The van der Waals surface area contributed by atoms with Crippen LogP contribution < -0.4 is 11.4 Å². The maximum atomic E-state index is 14.4. The van der Waals surface area contributed by atoms with Crippen LogP contribution in [0.3, 0.4) is 0 Å². The number of halogens is 1. The SMILES string of the molecule is CCc1cc(C[C@@H](CC(=O)N2CCC(n3c(=O)[nH]c4c5ccccc5ncc43)CC2)C(=O)N2CCN(C3CC4CCC(C3)N4C)CC2)cc(Cl)c1N. The number of nitrogen functional groups attached to an aromatic ring is 1. The molecule has 0 spiro atoms. The number of fused-ring (bicyclic) bond motifs is 5. The van der Waals surface area contributed by atoms with Crippen molar-refractivity contribution in [1.29, 1.82) is 0 Å². The lowest BCUT2D eigenvalue weighted by Gasteiger charge is -2.45. The summed E-state index contributed by atoms with van der Waals surface area (Å²) in [5.41, 5.74) is 11.0. The van der Waals surface area contributed by atoms with Gasteiger partial charge in [-0.15, -0.1) is 0 Å². The molecule has 3 N–H and O–H groups in total. The number of hydrogen-bond donors (Lipinski definition) is 2. The van der Waals surface area contributed by atoms with Crippen molar-refractivity contribution < 1.29 is 9.59 Å². The second-order valence-corrected chi connectivity index (χ2v) is 16.0. The van der Waals surface area contributed by atoms with Crippen LogP contribution in [0.4, 0.5) is 5.69 Å². The van der Waals surface area contributed by atoms with Crippen LogP contribution in [-0.2, 0) is 22.4 Å². The molecule has 4 aliphatic rings. The number of nitrogens with zero attached hydrogens (tertiary/aromatic N) is 6. The molecule has 2 unspecified atom stereocenters. The quantitative estimate of drug-likeness (QED) is 0.249. The van der Waals surface area contributed by atoms with Gasteiger partial charge in [0.1, 0.15) is 0 Å². The lowest BCUT2D eigenvalue weighted by Crippen LogP contribution is -2.56. The molecule has 0 radical (unpaired) electrons. The van der Waals surface area contributed by atoms with Crippen molar-refractivity contribution in [2.75, 3.05) is 52.0 Å². The number of rotatable bonds is 8. The Labute approximate surface area is 310 Å². The number of anilines is 1. The Bertz CT molecular complexity index is 2010. The molecule has 2 aromatic heterocycles. The first kappa shape index (κ1) is 35.1. The van der Waals surface area contributed by atoms with Crippen molar-refractivity contribution in [2.45, 2.75) is 88.9 Å². The summed E-state index contributed by atoms with van der Waals surface area (Å²) in [4.78, 5) is 58.3. The molecule has 276 valence electrons. The van der Waals surface area contributed by atoms with Crippen molar-refractivity contribution in [3.63, 3.8) is 0 Å². The number of nitrogens with one attached hydrogen (secondary N) is 1. The van der Waals surface area contributed by atoms with Crippen LogP contribution in [0.25, 0.3) is 21.9 Å². The largest absolute Gasteiger partial charge is 0.397 e. The summed E-state index contributed by atoms with van der Waals surface area (Å²) in [5.74, 6) is -0.480. The van der Waals surface area contributed by atoms with E-state index in [4.69, 9.17) is 17.3 Å². The molecule has 4 saturated heterocycles. The number of aromatic nitrogens is 3. The van der Waals surface area contributed by atoms with Crippen molar-refractivity contribution in [2.24, 2.45) is 5.92 Å². The van der Waals surface area contributed by atoms with Crippen molar-refractivity contribution >= 4 is 51.0 Å². The number of aryl methyl sites for hydroxylation is 1. The summed E-state index contributed by atoms with van der Waals surface area (Å²) in [6.07, 6.45) is 9.41. The number of H-pyrrole nitrogens is 1. The van der Waals surface area contributed by atoms with Gasteiger partial charge in [0, 0.05) is 75.2 Å². The zero-order valence-electron chi connectivity index (χ0n) is 30.4. The summed E-state index contributed by atoms with van der Waals surface area (Å²) in [6, 6.07) is 13.6. The summed E-state index contributed by atoms with van der Waals surface area (Å²) < 4.78 is 1.81. The van der Waals surface area contributed by atoms with Gasteiger partial charge in [0.15, 0.2) is 0 Å². The average molecular weight is 727 g/mol. The minimum Gasteiger partial charge on any atom is -0.397 e. The fraction of sp³-hybridized carbons (Fsp3) is 0.550. The van der Waals surface area contributed by atoms with E-state index in [9.17, 15) is 14.4 Å². The summed E-state index contributed by atoms with van der Waals surface area (Å²) in [5, 5.41) is 1.41. The molecular formula is C40H51ClN8O3. The number of carbonyl (C=O) groups excluding carboxylic acids is 2. The van der Waals surface area contributed by atoms with E-state index < -0.39 is 5.92 Å². The highest BCUT2D eigenvalue weighted by Crippen LogP contribution is 2.37. The number of piperazine rings is 1. The number of benzene rings is 2. The summed E-state index contributed by atoms with van der Waals surface area (Å²) in [7, 11) is 2.28. The zero-order chi connectivity index (χ0) is 36.1. The molecule has 12 heteroatoms. The van der Waals surface area contributed by atoms with Gasteiger partial charge in [-0.3, -0.25) is 24.0 Å². The number of pyridine rings is 1. The van der Waals surface area contributed by atoms with Crippen molar-refractivity contribution in [1.82, 2.24) is 34.1 Å². The van der Waals surface area contributed by atoms with Gasteiger partial charge in [0.25, 0.3) is 0 Å². The monoisotopic (exact) mass is 726 g/mol. The zero-order valence-corrected chi connectivity index (χ0v) is 31.2. The highest BCUT2D eigenvalue weighted by atomic mass is 35.5. The van der Waals surface area contributed by atoms with Gasteiger partial charge in [-0.1, -0.05) is 42.8 Å². The first-order valence-corrected chi connectivity index (χ1v) is 19.6. The van der Waals surface area contributed by atoms with Gasteiger partial charge >= 0.3 is 5.69 Å². The summed E-state index contributed by atoms with van der Waals surface area (Å²) >= 11 is 6.56. The molecule has 6 heterocycles. The molecule has 4 fully saturated rings. The van der Waals surface area contributed by atoms with E-state index in [-0.39, 0.29) is 30.0 Å². The molecular weight excluding hydrogens is 676 g/mol. The Morgan fingerprint density at radius 1 is 0.942 bits per heavy atom. The van der Waals surface area contributed by atoms with Crippen LogP contribution >= 0.6 is 11.6 Å². The fourth-order valence-electron chi connectivity index (χ4n) is 9.72.